The zero-order valence-corrected chi connectivity index (χ0v) is 15.9. The second-order valence-corrected chi connectivity index (χ2v) is 6.74. The van der Waals surface area contributed by atoms with E-state index in [0.717, 1.165) is 0 Å². The van der Waals surface area contributed by atoms with Crippen LogP contribution in [0, 0.1) is 5.82 Å². The molecule has 0 bridgehead atoms. The fraction of sp³-hybridized carbons (Fsp3) is 0.316. The van der Waals surface area contributed by atoms with Gasteiger partial charge in [-0.15, -0.1) is 0 Å². The van der Waals surface area contributed by atoms with Gasteiger partial charge in [-0.05, 0) is 31.5 Å². The SMILES string of the molecule is CC[C@@H](N[C@H](C)CC(N)=O)c1ccc(Cl)c(C(=O)c2ccc(N)cn2)c1F.[HH].[HH]. The van der Waals surface area contributed by atoms with E-state index in [9.17, 15) is 9.59 Å². The number of nitrogen functional groups attached to an aromatic ring is 1. The van der Waals surface area contributed by atoms with Crippen LogP contribution in [0.25, 0.3) is 0 Å². The van der Waals surface area contributed by atoms with Gasteiger partial charge in [-0.3, -0.25) is 14.6 Å². The quantitative estimate of drug-likeness (QED) is 0.591. The Morgan fingerprint density at radius 2 is 2.04 bits per heavy atom. The highest BCUT2D eigenvalue weighted by molar-refractivity contribution is 6.35. The fourth-order valence-electron chi connectivity index (χ4n) is 2.85. The second-order valence-electron chi connectivity index (χ2n) is 6.33. The molecule has 0 saturated carbocycles. The lowest BCUT2D eigenvalue weighted by atomic mass is 9.97. The predicted molar refractivity (Wildman–Crippen MR) is 107 cm³/mol. The molecule has 2 atom stereocenters. The normalized spacial score (nSPS) is 13.2. The van der Waals surface area contributed by atoms with E-state index in [-0.39, 0.29) is 37.2 Å². The highest BCUT2D eigenvalue weighted by atomic mass is 35.5. The van der Waals surface area contributed by atoms with Crippen LogP contribution in [0.3, 0.4) is 0 Å². The van der Waals surface area contributed by atoms with Crippen LogP contribution in [-0.4, -0.2) is 22.7 Å². The van der Waals surface area contributed by atoms with Crippen molar-refractivity contribution in [3.05, 3.63) is 58.1 Å². The molecule has 1 amide bonds. The maximum atomic E-state index is 15.2. The Morgan fingerprint density at radius 3 is 2.59 bits per heavy atom. The van der Waals surface area contributed by atoms with Gasteiger partial charge >= 0.3 is 0 Å². The number of rotatable bonds is 8. The van der Waals surface area contributed by atoms with Crippen molar-refractivity contribution in [1.29, 1.82) is 0 Å². The van der Waals surface area contributed by atoms with Crippen LogP contribution in [0.2, 0.25) is 5.02 Å². The second kappa shape index (κ2) is 8.92. The maximum Gasteiger partial charge on any atom is 0.218 e. The number of primary amides is 1. The third-order valence-corrected chi connectivity index (χ3v) is 4.46. The number of nitrogens with one attached hydrogen (secondary N) is 1. The Bertz CT molecular complexity index is 853. The number of ketones is 1. The summed E-state index contributed by atoms with van der Waals surface area (Å²) in [6.07, 6.45) is 1.98. The number of carbonyl (C=O) groups excluding carboxylic acids is 2. The molecule has 0 aliphatic carbocycles. The van der Waals surface area contributed by atoms with Gasteiger partial charge in [0.15, 0.2) is 0 Å². The number of pyridine rings is 1. The Hall–Kier alpha value is -2.51. The number of nitrogens with two attached hydrogens (primary N) is 2. The third kappa shape index (κ3) is 5.02. The number of nitrogens with zero attached hydrogens (tertiary/aromatic N) is 1. The van der Waals surface area contributed by atoms with Gasteiger partial charge in [-0.2, -0.15) is 0 Å². The van der Waals surface area contributed by atoms with Crippen molar-refractivity contribution in [1.82, 2.24) is 10.3 Å². The third-order valence-electron chi connectivity index (χ3n) is 4.14. The highest BCUT2D eigenvalue weighted by Crippen LogP contribution is 2.29. The van der Waals surface area contributed by atoms with E-state index in [0.29, 0.717) is 12.1 Å². The molecule has 1 aromatic carbocycles. The summed E-state index contributed by atoms with van der Waals surface area (Å²) < 4.78 is 15.2. The molecule has 0 fully saturated rings. The van der Waals surface area contributed by atoms with Crippen LogP contribution in [0.4, 0.5) is 10.1 Å². The molecule has 8 heteroatoms. The van der Waals surface area contributed by atoms with Crippen LogP contribution in [0.15, 0.2) is 30.5 Å². The number of carbonyl (C=O) groups is 2. The van der Waals surface area contributed by atoms with Crippen molar-refractivity contribution < 1.29 is 16.8 Å². The molecular weight excluding hydrogens is 371 g/mol. The molecule has 0 spiro atoms. The molecular formula is C19H26ClFN4O2. The highest BCUT2D eigenvalue weighted by Gasteiger charge is 2.25. The number of aromatic nitrogens is 1. The van der Waals surface area contributed by atoms with Crippen molar-refractivity contribution in [3.8, 4) is 0 Å². The summed E-state index contributed by atoms with van der Waals surface area (Å²) in [5.41, 5.74) is 11.3. The van der Waals surface area contributed by atoms with Crippen molar-refractivity contribution in [3.63, 3.8) is 0 Å². The van der Waals surface area contributed by atoms with Gasteiger partial charge < -0.3 is 16.8 Å². The van der Waals surface area contributed by atoms with Gasteiger partial charge in [0.2, 0.25) is 11.7 Å². The molecule has 6 nitrogen and oxygen atoms in total. The molecule has 148 valence electrons. The van der Waals surface area contributed by atoms with Crippen LogP contribution in [-0.2, 0) is 4.79 Å². The number of amides is 1. The van der Waals surface area contributed by atoms with Crippen molar-refractivity contribution >= 4 is 29.0 Å². The molecule has 1 aromatic heterocycles. The number of anilines is 1. The van der Waals surface area contributed by atoms with E-state index in [4.69, 9.17) is 23.1 Å². The summed E-state index contributed by atoms with van der Waals surface area (Å²) in [4.78, 5) is 27.7. The molecule has 2 aromatic rings. The minimum Gasteiger partial charge on any atom is -0.397 e. The Morgan fingerprint density at radius 1 is 1.33 bits per heavy atom. The van der Waals surface area contributed by atoms with E-state index in [1.807, 2.05) is 6.92 Å². The minimum atomic E-state index is -0.711. The summed E-state index contributed by atoms with van der Waals surface area (Å²) in [7, 11) is 0. The molecule has 1 heterocycles. The van der Waals surface area contributed by atoms with E-state index in [1.165, 1.54) is 30.5 Å². The lowest BCUT2D eigenvalue weighted by Crippen LogP contribution is -2.34. The van der Waals surface area contributed by atoms with Crippen LogP contribution < -0.4 is 16.8 Å². The van der Waals surface area contributed by atoms with E-state index in [1.54, 1.807) is 6.92 Å². The van der Waals surface area contributed by atoms with E-state index in [2.05, 4.69) is 10.3 Å². The zero-order valence-electron chi connectivity index (χ0n) is 15.1. The van der Waals surface area contributed by atoms with Gasteiger partial charge in [-0.25, -0.2) is 4.39 Å². The smallest absolute Gasteiger partial charge is 0.218 e. The Labute approximate surface area is 165 Å². The van der Waals surface area contributed by atoms with Crippen LogP contribution >= 0.6 is 11.6 Å². The zero-order chi connectivity index (χ0) is 20.1. The number of hydrogen-bond donors (Lipinski definition) is 3. The first-order valence-corrected chi connectivity index (χ1v) is 8.90. The summed E-state index contributed by atoms with van der Waals surface area (Å²) in [5.74, 6) is -1.79. The average molecular weight is 397 g/mol. The Kier molecular flexibility index (Phi) is 6.87. The largest absolute Gasteiger partial charge is 0.397 e. The van der Waals surface area contributed by atoms with Crippen molar-refractivity contribution in [2.75, 3.05) is 5.73 Å². The van der Waals surface area contributed by atoms with Gasteiger partial charge in [0.05, 0.1) is 22.5 Å². The first-order chi connectivity index (χ1) is 12.7. The summed E-state index contributed by atoms with van der Waals surface area (Å²) in [6, 6.07) is 5.28. The van der Waals surface area contributed by atoms with Gasteiger partial charge in [0.1, 0.15) is 11.5 Å². The first kappa shape index (κ1) is 20.8. The number of halogens is 2. The van der Waals surface area contributed by atoms with Gasteiger partial charge in [0.25, 0.3) is 0 Å². The van der Waals surface area contributed by atoms with Crippen molar-refractivity contribution in [2.45, 2.75) is 38.8 Å². The predicted octanol–water partition coefficient (Wildman–Crippen LogP) is 3.48. The van der Waals surface area contributed by atoms with Crippen LogP contribution in [0.1, 0.15) is 57.2 Å². The summed E-state index contributed by atoms with van der Waals surface area (Å²) in [5, 5.41) is 3.16. The Balaban J connectivity index is 0.00000392. The molecule has 0 unspecified atom stereocenters. The van der Waals surface area contributed by atoms with E-state index < -0.39 is 23.5 Å². The topological polar surface area (TPSA) is 111 Å². The number of benzene rings is 1. The number of hydrogen-bond acceptors (Lipinski definition) is 5. The minimum absolute atomic E-state index is 0. The summed E-state index contributed by atoms with van der Waals surface area (Å²) >= 11 is 6.11. The standard InChI is InChI=1S/C19H22ClFN4O2.2H2/c1-3-14(25-10(2)8-16(23)26)12-5-6-13(20)17(18(12)21)19(27)15-7-4-11(22)9-24-15;;/h4-7,9-10,14,25H,3,8,22H2,1-2H3,(H2,23,26);2*1H/t10-,14-;;/m1../s1. The summed E-state index contributed by atoms with van der Waals surface area (Å²) in [6.45, 7) is 3.65. The molecule has 0 aliphatic rings. The lowest BCUT2D eigenvalue weighted by Gasteiger charge is -2.23. The molecule has 0 radical (unpaired) electrons. The first-order valence-electron chi connectivity index (χ1n) is 8.53. The van der Waals surface area contributed by atoms with Gasteiger partial charge in [0, 0.05) is 26.9 Å². The maximum absolute atomic E-state index is 15.2. The fourth-order valence-corrected chi connectivity index (χ4v) is 3.08. The average Bonchev–Trinajstić information content (AvgIpc) is 2.60. The molecule has 27 heavy (non-hydrogen) atoms. The molecule has 2 rings (SSSR count). The van der Waals surface area contributed by atoms with Gasteiger partial charge in [-0.1, -0.05) is 24.6 Å². The van der Waals surface area contributed by atoms with Crippen molar-refractivity contribution in [2.24, 2.45) is 5.73 Å². The van der Waals surface area contributed by atoms with E-state index >= 15 is 4.39 Å². The lowest BCUT2D eigenvalue weighted by molar-refractivity contribution is -0.118. The molecule has 0 saturated heterocycles. The van der Waals surface area contributed by atoms with Crippen LogP contribution in [0.5, 0.6) is 0 Å². The molecule has 0 aliphatic heterocycles. The molecule has 5 N–H and O–H groups in total. The monoisotopic (exact) mass is 396 g/mol.